The number of hydrogen-bond donors (Lipinski definition) is 2. The molecule has 1 amide bonds. The molecule has 5 fully saturated rings. The molecule has 0 aromatic heterocycles. The van der Waals surface area contributed by atoms with Gasteiger partial charge in [0.15, 0.2) is 11.5 Å². The van der Waals surface area contributed by atoms with Gasteiger partial charge in [0.2, 0.25) is 0 Å². The number of carbonyl (C=O) groups excluding carboxylic acids is 1. The summed E-state index contributed by atoms with van der Waals surface area (Å²) < 4.78 is 13.3. The van der Waals surface area contributed by atoms with E-state index in [0.717, 1.165) is 51.0 Å². The third-order valence-electron chi connectivity index (χ3n) is 11.8. The number of ether oxygens (including phenoxy) is 2. The van der Waals surface area contributed by atoms with Crippen molar-refractivity contribution in [1.29, 1.82) is 0 Å². The highest BCUT2D eigenvalue weighted by Gasteiger charge is 2.80. The Morgan fingerprint density at radius 3 is 2.87 bits per heavy atom. The van der Waals surface area contributed by atoms with E-state index in [0.29, 0.717) is 18.3 Å². The number of aromatic hydroxyl groups is 1. The number of carbonyl (C=O) groups is 1. The van der Waals surface area contributed by atoms with Crippen molar-refractivity contribution in [2.24, 2.45) is 39.1 Å². The van der Waals surface area contributed by atoms with Crippen LogP contribution >= 0.6 is 0 Å². The Balaban J connectivity index is 1.28. The lowest BCUT2D eigenvalue weighted by Gasteiger charge is -2.73. The smallest absolute Gasteiger partial charge is 0.281 e. The van der Waals surface area contributed by atoms with Crippen molar-refractivity contribution < 1.29 is 19.4 Å². The topological polar surface area (TPSA) is 110 Å². The van der Waals surface area contributed by atoms with Gasteiger partial charge in [-0.15, -0.1) is 5.11 Å². The maximum Gasteiger partial charge on any atom is 0.281 e. The second-order valence-corrected chi connectivity index (χ2v) is 13.2. The fourth-order valence-corrected chi connectivity index (χ4v) is 9.54. The van der Waals surface area contributed by atoms with Crippen LogP contribution in [0.15, 0.2) is 22.4 Å². The van der Waals surface area contributed by atoms with Gasteiger partial charge in [-0.1, -0.05) is 26.3 Å². The summed E-state index contributed by atoms with van der Waals surface area (Å²) >= 11 is 0. The Morgan fingerprint density at radius 1 is 1.32 bits per heavy atom. The second kappa shape index (κ2) is 8.48. The molecule has 7 aliphatic rings. The lowest BCUT2D eigenvalue weighted by molar-refractivity contribution is -0.275. The number of phenols is 1. The van der Waals surface area contributed by atoms with Crippen LogP contribution in [0, 0.1) is 23.2 Å². The van der Waals surface area contributed by atoms with Gasteiger partial charge in [0.25, 0.3) is 5.91 Å². The fourth-order valence-electron chi connectivity index (χ4n) is 9.54. The third-order valence-corrected chi connectivity index (χ3v) is 11.8. The molecular formula is C30H42N4O4. The molecule has 8 nitrogen and oxygen atoms in total. The molecule has 38 heavy (non-hydrogen) atoms. The molecule has 8 heteroatoms. The van der Waals surface area contributed by atoms with Gasteiger partial charge in [0.05, 0.1) is 12.6 Å². The van der Waals surface area contributed by atoms with Crippen LogP contribution in [0.4, 0.5) is 0 Å². The number of methoxy groups -OCH3 is 1. The molecule has 0 unspecified atom stereocenters. The average Bonchev–Trinajstić information content (AvgIpc) is 3.67. The van der Waals surface area contributed by atoms with E-state index in [9.17, 15) is 9.90 Å². The van der Waals surface area contributed by atoms with E-state index in [1.807, 2.05) is 19.9 Å². The Labute approximate surface area is 225 Å². The van der Waals surface area contributed by atoms with Crippen LogP contribution in [-0.2, 0) is 21.4 Å². The van der Waals surface area contributed by atoms with E-state index >= 15 is 0 Å². The number of hydrogen-bond acceptors (Lipinski definition) is 7. The van der Waals surface area contributed by atoms with Crippen LogP contribution in [0.2, 0.25) is 0 Å². The normalized spacial score (nSPS) is 40.2. The van der Waals surface area contributed by atoms with Gasteiger partial charge in [-0.25, -0.2) is 0 Å². The molecular weight excluding hydrogens is 480 g/mol. The summed E-state index contributed by atoms with van der Waals surface area (Å²) in [4.78, 5) is 15.4. The average molecular weight is 523 g/mol. The number of benzene rings is 1. The Kier molecular flexibility index (Phi) is 5.57. The highest BCUT2D eigenvalue weighted by molar-refractivity contribution is 5.82. The number of likely N-dealkylation sites (tertiary alicyclic amines) is 1. The highest BCUT2D eigenvalue weighted by Crippen LogP contribution is 2.76. The molecule has 2 aliphatic heterocycles. The van der Waals surface area contributed by atoms with Gasteiger partial charge in [0, 0.05) is 42.0 Å². The van der Waals surface area contributed by atoms with Crippen molar-refractivity contribution in [2.45, 2.75) is 94.4 Å². The number of fused-ring (bicyclic) bond motifs is 2. The minimum atomic E-state index is -0.618. The lowest BCUT2D eigenvalue weighted by Crippen LogP contribution is -2.81. The summed E-state index contributed by atoms with van der Waals surface area (Å²) in [6.45, 7) is 6.70. The zero-order valence-electron chi connectivity index (χ0n) is 23.0. The van der Waals surface area contributed by atoms with Crippen molar-refractivity contribution in [2.75, 3.05) is 26.7 Å². The van der Waals surface area contributed by atoms with Crippen LogP contribution in [-0.4, -0.2) is 66.4 Å². The van der Waals surface area contributed by atoms with Crippen molar-refractivity contribution >= 4 is 5.91 Å². The number of nitrogens with zero attached hydrogens (tertiary/aromatic N) is 3. The number of piperidine rings is 1. The Morgan fingerprint density at radius 2 is 2.13 bits per heavy atom. The van der Waals surface area contributed by atoms with E-state index in [1.165, 1.54) is 30.5 Å². The molecule has 1 saturated heterocycles. The second-order valence-electron chi connectivity index (χ2n) is 13.2. The molecule has 3 N–H and O–H groups in total. The van der Waals surface area contributed by atoms with E-state index in [-0.39, 0.29) is 40.4 Å². The number of phenolic OH excluding ortho intramolecular Hbond substituents is 1. The summed E-state index contributed by atoms with van der Waals surface area (Å²) in [7, 11) is 1.80. The molecule has 4 bridgehead atoms. The van der Waals surface area contributed by atoms with Crippen LogP contribution in [0.1, 0.15) is 69.9 Å². The minimum Gasteiger partial charge on any atom is -0.504 e. The molecule has 2 spiro atoms. The first-order valence-electron chi connectivity index (χ1n) is 14.8. The Bertz CT molecular complexity index is 1190. The summed E-state index contributed by atoms with van der Waals surface area (Å²) in [5.41, 5.74) is 8.08. The van der Waals surface area contributed by atoms with Gasteiger partial charge in [-0.3, -0.25) is 9.69 Å². The number of nitrogens with two attached hydrogens (primary N) is 1. The lowest BCUT2D eigenvalue weighted by atomic mass is 9.35. The van der Waals surface area contributed by atoms with Crippen LogP contribution in [0.3, 0.4) is 0 Å². The molecule has 8 rings (SSSR count). The van der Waals surface area contributed by atoms with E-state index < -0.39 is 11.6 Å². The summed E-state index contributed by atoms with van der Waals surface area (Å²) in [5.74, 6) is 1.58. The maximum absolute atomic E-state index is 12.6. The van der Waals surface area contributed by atoms with Gasteiger partial charge in [-0.05, 0) is 75.0 Å². The summed E-state index contributed by atoms with van der Waals surface area (Å²) in [6.07, 6.45) is 8.36. The molecule has 4 saturated carbocycles. The molecule has 206 valence electrons. The largest absolute Gasteiger partial charge is 0.504 e. The SMILES string of the molecule is CC[C@H](C)[C@H](N)C(=O)N=NC[C@H]1C[C@@]23CC[C@]1(OC)[C@@H]1Oc4c(O)ccc5c4[C@@]12CCN(CC1CC1)[C@@H]3C5. The van der Waals surface area contributed by atoms with Crippen LogP contribution in [0.25, 0.3) is 0 Å². The van der Waals surface area contributed by atoms with E-state index in [2.05, 4.69) is 21.2 Å². The molecule has 0 radical (unpaired) electrons. The van der Waals surface area contributed by atoms with Crippen molar-refractivity contribution in [1.82, 2.24) is 4.90 Å². The van der Waals surface area contributed by atoms with E-state index in [4.69, 9.17) is 15.2 Å². The van der Waals surface area contributed by atoms with Gasteiger partial charge in [-0.2, -0.15) is 5.11 Å². The van der Waals surface area contributed by atoms with Crippen molar-refractivity contribution in [3.8, 4) is 11.5 Å². The van der Waals surface area contributed by atoms with Gasteiger partial charge in [0.1, 0.15) is 11.7 Å². The highest BCUT2D eigenvalue weighted by atomic mass is 16.6. The minimum absolute atomic E-state index is 0.0362. The fraction of sp³-hybridized carbons (Fsp3) is 0.767. The quantitative estimate of drug-likeness (QED) is 0.500. The van der Waals surface area contributed by atoms with E-state index in [1.54, 1.807) is 7.11 Å². The standard InChI is InChI=1S/C30H42N4O4/c1-4-17(2)24(31)26(36)33-32-15-20-14-28-9-10-30(20,37-3)27-29(28)11-12-34(16-18-5-6-18)22(28)13-19-7-8-21(35)25(38-27)23(19)29/h7-8,17-18,20,22,24,27,35H,4-6,9-16,31H2,1-3H3/t17-,20+,22+,24-,27+,28+,29-,30+/m0/s1. The molecule has 2 heterocycles. The van der Waals surface area contributed by atoms with Gasteiger partial charge < -0.3 is 20.3 Å². The molecule has 1 aromatic carbocycles. The van der Waals surface area contributed by atoms with Crippen molar-refractivity contribution in [3.63, 3.8) is 0 Å². The van der Waals surface area contributed by atoms with Crippen molar-refractivity contribution in [3.05, 3.63) is 23.3 Å². The van der Waals surface area contributed by atoms with Gasteiger partial charge >= 0.3 is 0 Å². The first-order valence-corrected chi connectivity index (χ1v) is 14.8. The zero-order chi connectivity index (χ0) is 26.4. The predicted molar refractivity (Wildman–Crippen MR) is 142 cm³/mol. The zero-order valence-corrected chi connectivity index (χ0v) is 23.0. The first kappa shape index (κ1) is 25.0. The van der Waals surface area contributed by atoms with Crippen LogP contribution < -0.4 is 10.5 Å². The monoisotopic (exact) mass is 522 g/mol. The van der Waals surface area contributed by atoms with Crippen LogP contribution in [0.5, 0.6) is 11.5 Å². The molecule has 8 atom stereocenters. The number of azo groups is 1. The Hall–Kier alpha value is -2.03. The third kappa shape index (κ3) is 3.05. The summed E-state index contributed by atoms with van der Waals surface area (Å²) in [6, 6.07) is 3.79. The maximum atomic E-state index is 12.6. The summed E-state index contributed by atoms with van der Waals surface area (Å²) in [5, 5.41) is 19.5. The first-order chi connectivity index (χ1) is 18.3. The number of rotatable bonds is 8. The number of amides is 1. The molecule has 1 aromatic rings. The predicted octanol–water partition coefficient (Wildman–Crippen LogP) is 3.97. The molecule has 5 aliphatic carbocycles.